The summed E-state index contributed by atoms with van der Waals surface area (Å²) in [5, 5.41) is 9.27. The molecule has 0 radical (unpaired) electrons. The number of nitrogens with zero attached hydrogens (tertiary/aromatic N) is 2. The van der Waals surface area contributed by atoms with Gasteiger partial charge in [-0.1, -0.05) is 6.92 Å². The van der Waals surface area contributed by atoms with Crippen LogP contribution in [0.1, 0.15) is 23.7 Å². The zero-order chi connectivity index (χ0) is 13.1. The maximum atomic E-state index is 9.27. The van der Waals surface area contributed by atoms with Gasteiger partial charge in [-0.25, -0.2) is 9.97 Å². The second kappa shape index (κ2) is 4.84. The fourth-order valence-electron chi connectivity index (χ4n) is 2.11. The molecule has 0 aliphatic carbocycles. The van der Waals surface area contributed by atoms with Crippen molar-refractivity contribution >= 4 is 5.82 Å². The van der Waals surface area contributed by atoms with E-state index in [1.54, 1.807) is 0 Å². The summed E-state index contributed by atoms with van der Waals surface area (Å²) < 4.78 is 0. The number of nitriles is 1. The van der Waals surface area contributed by atoms with Gasteiger partial charge in [-0.05, 0) is 25.0 Å². The second-order valence-electron chi connectivity index (χ2n) is 4.08. The fourth-order valence-corrected chi connectivity index (χ4v) is 2.11. The van der Waals surface area contributed by atoms with Gasteiger partial charge in [-0.2, -0.15) is 5.26 Å². The third-order valence-corrected chi connectivity index (χ3v) is 3.01. The number of H-pyrrole nitrogens is 1. The third kappa shape index (κ3) is 1.91. The first-order valence-corrected chi connectivity index (χ1v) is 5.84. The number of aromatic amines is 1. The highest BCUT2D eigenvalue weighted by Crippen LogP contribution is 2.30. The number of nitrogen functional groups attached to an aromatic ring is 1. The van der Waals surface area contributed by atoms with E-state index in [9.17, 15) is 5.26 Å². The Morgan fingerprint density at radius 1 is 1.50 bits per heavy atom. The van der Waals surface area contributed by atoms with Crippen molar-refractivity contribution < 1.29 is 4.98 Å². The minimum absolute atomic E-state index is 0.304. The molecule has 0 spiro atoms. The average Bonchev–Trinajstić information content (AvgIpc) is 2.41. The summed E-state index contributed by atoms with van der Waals surface area (Å²) in [5.41, 5.74) is 10.1. The molecule has 90 valence electrons. The molecule has 0 aromatic carbocycles. The molecule has 0 amide bonds. The predicted molar refractivity (Wildman–Crippen MR) is 69.5 cm³/mol. The van der Waals surface area contributed by atoms with Crippen LogP contribution in [0.3, 0.4) is 0 Å². The zero-order valence-corrected chi connectivity index (χ0v) is 10.5. The molecular formula is C14H15N4+. The van der Waals surface area contributed by atoms with Crippen molar-refractivity contribution in [2.24, 2.45) is 0 Å². The van der Waals surface area contributed by atoms with Crippen molar-refractivity contribution in [3.05, 3.63) is 41.3 Å². The largest absolute Gasteiger partial charge is 0.383 e. The topological polar surface area (TPSA) is 76.8 Å². The Morgan fingerprint density at radius 2 is 2.28 bits per heavy atom. The molecule has 2 heterocycles. The molecule has 2 rings (SSSR count). The molecule has 0 atom stereocenters. The number of rotatable bonds is 2. The monoisotopic (exact) mass is 239 g/mol. The lowest BCUT2D eigenvalue weighted by Gasteiger charge is -2.12. The van der Waals surface area contributed by atoms with E-state index >= 15 is 0 Å². The molecule has 3 N–H and O–H groups in total. The molecule has 2 aromatic heterocycles. The van der Waals surface area contributed by atoms with Crippen LogP contribution in [-0.4, -0.2) is 4.98 Å². The quantitative estimate of drug-likeness (QED) is 0.869. The van der Waals surface area contributed by atoms with Crippen LogP contribution in [0.25, 0.3) is 11.1 Å². The highest BCUT2D eigenvalue weighted by atomic mass is 14.8. The number of pyridine rings is 2. The van der Waals surface area contributed by atoms with Crippen molar-refractivity contribution in [2.75, 3.05) is 5.73 Å². The molecule has 0 fully saturated rings. The second-order valence-corrected chi connectivity index (χ2v) is 4.08. The first kappa shape index (κ1) is 12.1. The Morgan fingerprint density at radius 3 is 2.83 bits per heavy atom. The summed E-state index contributed by atoms with van der Waals surface area (Å²) in [6.07, 6.45) is 4.49. The number of nitrogens with one attached hydrogen (secondary N) is 1. The number of nitrogens with two attached hydrogens (primary N) is 1. The summed E-state index contributed by atoms with van der Waals surface area (Å²) in [4.78, 5) is 7.32. The van der Waals surface area contributed by atoms with Crippen molar-refractivity contribution in [1.82, 2.24) is 4.98 Å². The maximum Gasteiger partial charge on any atom is 0.174 e. The molecular weight excluding hydrogens is 224 g/mol. The van der Waals surface area contributed by atoms with Gasteiger partial charge in [-0.15, -0.1) is 0 Å². The molecule has 18 heavy (non-hydrogen) atoms. The first-order chi connectivity index (χ1) is 8.69. The standard InChI is InChI=1S/C14H14N4/c1-3-12-9(2)13(10-5-4-6-17-8-10)11(7-15)14(16)18-12/h4-6,8H,3H2,1-2H3,(H2,16,18)/p+1. The number of aryl methyl sites for hydroxylation is 1. The van der Waals surface area contributed by atoms with E-state index in [-0.39, 0.29) is 0 Å². The molecule has 0 unspecified atom stereocenters. The molecule has 4 nitrogen and oxygen atoms in total. The number of hydrogen-bond acceptors (Lipinski definition) is 3. The summed E-state index contributed by atoms with van der Waals surface area (Å²) in [7, 11) is 0. The summed E-state index contributed by atoms with van der Waals surface area (Å²) in [6, 6.07) is 6.01. The average molecular weight is 239 g/mol. The smallest absolute Gasteiger partial charge is 0.174 e. The molecule has 0 aliphatic heterocycles. The van der Waals surface area contributed by atoms with Crippen LogP contribution in [-0.2, 0) is 6.42 Å². The van der Waals surface area contributed by atoms with E-state index in [2.05, 4.69) is 16.0 Å². The van der Waals surface area contributed by atoms with Gasteiger partial charge in [0.2, 0.25) is 0 Å². The van der Waals surface area contributed by atoms with E-state index in [1.807, 2.05) is 38.4 Å². The lowest BCUT2D eigenvalue weighted by Crippen LogP contribution is -2.06. The maximum absolute atomic E-state index is 9.27. The van der Waals surface area contributed by atoms with Crippen molar-refractivity contribution in [1.29, 1.82) is 5.26 Å². The van der Waals surface area contributed by atoms with Gasteiger partial charge in [0.05, 0.1) is 0 Å². The SMILES string of the molecule is CCc1nc(N)c(C#N)c(-c2ccc[nH+]c2)c1C. The molecule has 4 heteroatoms. The highest BCUT2D eigenvalue weighted by Gasteiger charge is 2.17. The minimum atomic E-state index is 0.304. The van der Waals surface area contributed by atoms with E-state index < -0.39 is 0 Å². The van der Waals surface area contributed by atoms with Gasteiger partial charge in [-0.3, -0.25) is 0 Å². The Hall–Kier alpha value is -2.41. The predicted octanol–water partition coefficient (Wildman–Crippen LogP) is 1.89. The lowest BCUT2D eigenvalue weighted by molar-refractivity contribution is -0.377. The first-order valence-electron chi connectivity index (χ1n) is 5.84. The van der Waals surface area contributed by atoms with Crippen LogP contribution in [0.2, 0.25) is 0 Å². The van der Waals surface area contributed by atoms with Crippen LogP contribution < -0.4 is 10.7 Å². The van der Waals surface area contributed by atoms with Crippen molar-refractivity contribution in [2.45, 2.75) is 20.3 Å². The number of hydrogen-bond donors (Lipinski definition) is 1. The zero-order valence-electron chi connectivity index (χ0n) is 10.5. The van der Waals surface area contributed by atoms with E-state index in [0.717, 1.165) is 28.8 Å². The molecule has 0 saturated carbocycles. The van der Waals surface area contributed by atoms with Crippen molar-refractivity contribution in [3.63, 3.8) is 0 Å². The summed E-state index contributed by atoms with van der Waals surface area (Å²) >= 11 is 0. The molecule has 0 aliphatic rings. The van der Waals surface area contributed by atoms with E-state index in [0.29, 0.717) is 11.4 Å². The lowest BCUT2D eigenvalue weighted by atomic mass is 9.95. The molecule has 2 aromatic rings. The fraction of sp³-hybridized carbons (Fsp3) is 0.214. The van der Waals surface area contributed by atoms with E-state index in [4.69, 9.17) is 5.73 Å². The third-order valence-electron chi connectivity index (χ3n) is 3.01. The number of aromatic nitrogens is 2. The van der Waals surface area contributed by atoms with Gasteiger partial charge in [0.15, 0.2) is 12.4 Å². The number of anilines is 1. The Balaban J connectivity index is 2.80. The van der Waals surface area contributed by atoms with Crippen molar-refractivity contribution in [3.8, 4) is 17.2 Å². The van der Waals surface area contributed by atoms with Crippen LogP contribution >= 0.6 is 0 Å². The Labute approximate surface area is 106 Å². The Kier molecular flexibility index (Phi) is 3.24. The van der Waals surface area contributed by atoms with Gasteiger partial charge in [0.25, 0.3) is 0 Å². The Bertz CT molecular complexity index is 611. The highest BCUT2D eigenvalue weighted by molar-refractivity contribution is 5.78. The van der Waals surface area contributed by atoms with Crippen LogP contribution in [0.5, 0.6) is 0 Å². The summed E-state index contributed by atoms with van der Waals surface area (Å²) in [6.45, 7) is 4.01. The van der Waals surface area contributed by atoms with Crippen LogP contribution in [0.4, 0.5) is 5.82 Å². The minimum Gasteiger partial charge on any atom is -0.383 e. The normalized spacial score (nSPS) is 10.1. The van der Waals surface area contributed by atoms with Crippen LogP contribution in [0.15, 0.2) is 24.5 Å². The van der Waals surface area contributed by atoms with Gasteiger partial charge in [0.1, 0.15) is 17.5 Å². The van der Waals surface area contributed by atoms with Gasteiger partial charge < -0.3 is 5.73 Å². The van der Waals surface area contributed by atoms with Gasteiger partial charge >= 0.3 is 0 Å². The molecule has 0 saturated heterocycles. The summed E-state index contributed by atoms with van der Waals surface area (Å²) in [5.74, 6) is 0.304. The van der Waals surface area contributed by atoms with Gasteiger partial charge in [0, 0.05) is 22.9 Å². The van der Waals surface area contributed by atoms with Crippen LogP contribution in [0, 0.1) is 18.3 Å². The molecule has 0 bridgehead atoms. The van der Waals surface area contributed by atoms with E-state index in [1.165, 1.54) is 0 Å².